The first-order valence-corrected chi connectivity index (χ1v) is 13.0. The second-order valence-corrected chi connectivity index (χ2v) is 10.6. The highest BCUT2D eigenvalue weighted by Gasteiger charge is 2.34. The van der Waals surface area contributed by atoms with E-state index < -0.39 is 18.4 Å². The molecule has 2 aliphatic heterocycles. The lowest BCUT2D eigenvalue weighted by molar-refractivity contribution is -0.151. The molecule has 0 spiro atoms. The Kier molecular flexibility index (Phi) is 8.61. The number of halogens is 3. The monoisotopic (exact) mass is 551 g/mol. The summed E-state index contributed by atoms with van der Waals surface area (Å²) in [4.78, 5) is 26.7. The number of carbonyl (C=O) groups excluding carboxylic acids is 1. The molecule has 0 atom stereocenters. The van der Waals surface area contributed by atoms with Gasteiger partial charge in [0.05, 0.1) is 0 Å². The van der Waals surface area contributed by atoms with E-state index in [0.29, 0.717) is 28.4 Å². The van der Waals surface area contributed by atoms with E-state index in [2.05, 4.69) is 30.3 Å². The van der Waals surface area contributed by atoms with Gasteiger partial charge >= 0.3 is 6.18 Å². The molecule has 2 fully saturated rings. The Morgan fingerprint density at radius 3 is 2.47 bits per heavy atom. The second kappa shape index (κ2) is 11.7. The average molecular weight is 552 g/mol. The first kappa shape index (κ1) is 27.9. The summed E-state index contributed by atoms with van der Waals surface area (Å²) >= 11 is 1.35. The van der Waals surface area contributed by atoms with Crippen molar-refractivity contribution in [3.8, 4) is 0 Å². The number of anilines is 3. The standard InChI is InChI=1S/C25H28F3N7OS.CH4.2H2/c1-16-10-22(33-32-16)29-21-12-23(35-14-18(15-35)34-8-2-3-9-34)31-24(30-21)37-20-6-4-17(5-7-20)11-19(36)13-25(26,27)28;;;/h4-7,10,12,18H,2-3,8-9,11,13-15H2,1H3,(H2,29,30,31,32,33);1H4;2*1H. The third-order valence-corrected chi connectivity index (χ3v) is 7.30. The van der Waals surface area contributed by atoms with E-state index >= 15 is 0 Å². The van der Waals surface area contributed by atoms with Crippen LogP contribution in [0.4, 0.5) is 30.6 Å². The van der Waals surface area contributed by atoms with Gasteiger partial charge < -0.3 is 10.2 Å². The molecule has 0 bridgehead atoms. The summed E-state index contributed by atoms with van der Waals surface area (Å²) < 4.78 is 37.4. The molecule has 1 aromatic carbocycles. The van der Waals surface area contributed by atoms with Crippen molar-refractivity contribution in [1.29, 1.82) is 0 Å². The number of aromatic nitrogens is 4. The first-order valence-electron chi connectivity index (χ1n) is 12.2. The van der Waals surface area contributed by atoms with Crippen molar-refractivity contribution < 1.29 is 20.8 Å². The van der Waals surface area contributed by atoms with Crippen molar-refractivity contribution >= 4 is 35.0 Å². The van der Waals surface area contributed by atoms with Crippen LogP contribution < -0.4 is 10.2 Å². The summed E-state index contributed by atoms with van der Waals surface area (Å²) in [6.45, 7) is 6.08. The zero-order valence-electron chi connectivity index (χ0n) is 20.4. The van der Waals surface area contributed by atoms with E-state index in [1.54, 1.807) is 24.3 Å². The quantitative estimate of drug-likeness (QED) is 0.319. The first-order chi connectivity index (χ1) is 17.7. The van der Waals surface area contributed by atoms with Crippen LogP contribution in [-0.4, -0.2) is 69.2 Å². The molecule has 8 nitrogen and oxygen atoms in total. The fourth-order valence-corrected chi connectivity index (χ4v) is 5.34. The molecule has 12 heteroatoms. The van der Waals surface area contributed by atoms with Crippen LogP contribution in [0, 0.1) is 6.92 Å². The fourth-order valence-electron chi connectivity index (χ4n) is 4.57. The third kappa shape index (κ3) is 7.25. The van der Waals surface area contributed by atoms with Gasteiger partial charge in [-0.15, -0.1) is 0 Å². The van der Waals surface area contributed by atoms with Crippen molar-refractivity contribution in [2.24, 2.45) is 0 Å². The van der Waals surface area contributed by atoms with Gasteiger partial charge in [0.25, 0.3) is 0 Å². The average Bonchev–Trinajstić information content (AvgIpc) is 3.45. The number of carbonyl (C=O) groups is 1. The van der Waals surface area contributed by atoms with Crippen LogP contribution >= 0.6 is 11.8 Å². The topological polar surface area (TPSA) is 90.0 Å². The number of ketones is 1. The number of H-pyrrole nitrogens is 1. The van der Waals surface area contributed by atoms with Crippen molar-refractivity contribution in [2.75, 3.05) is 36.4 Å². The van der Waals surface area contributed by atoms with Crippen molar-refractivity contribution in [1.82, 2.24) is 25.1 Å². The molecule has 0 radical (unpaired) electrons. The predicted octanol–water partition coefficient (Wildman–Crippen LogP) is 5.88. The molecule has 4 heterocycles. The Morgan fingerprint density at radius 2 is 1.84 bits per heavy atom. The maximum atomic E-state index is 12.5. The van der Waals surface area contributed by atoms with Gasteiger partial charge in [-0.25, -0.2) is 9.97 Å². The van der Waals surface area contributed by atoms with Crippen molar-refractivity contribution in [2.45, 2.75) is 62.3 Å². The highest BCUT2D eigenvalue weighted by molar-refractivity contribution is 7.99. The number of Topliss-reactive ketones (excluding diaryl/α,β-unsaturated/α-hetero) is 1. The van der Waals surface area contributed by atoms with Gasteiger partial charge in [-0.2, -0.15) is 18.3 Å². The van der Waals surface area contributed by atoms with E-state index in [-0.39, 0.29) is 16.7 Å². The number of aromatic amines is 1. The van der Waals surface area contributed by atoms with Crippen LogP contribution in [0.25, 0.3) is 0 Å². The second-order valence-electron chi connectivity index (χ2n) is 9.51. The van der Waals surface area contributed by atoms with Gasteiger partial charge in [0, 0.05) is 51.1 Å². The third-order valence-electron chi connectivity index (χ3n) is 6.43. The number of likely N-dealkylation sites (tertiary alicyclic amines) is 1. The number of nitrogens with one attached hydrogen (secondary N) is 2. The van der Waals surface area contributed by atoms with Gasteiger partial charge in [0.15, 0.2) is 11.0 Å². The Balaban J connectivity index is 0.00000187. The minimum absolute atomic E-state index is 0. The molecule has 0 amide bonds. The SMILES string of the molecule is C.Cc1cc(Nc2cc(N3CC(N4CCCC4)C3)nc(Sc3ccc(CC(=O)CC(F)(F)F)cc3)n2)n[nH]1.[HH].[HH]. The Labute approximate surface area is 227 Å². The normalized spacial score (nSPS) is 16.3. The fraction of sp³-hybridized carbons (Fsp3) is 0.462. The maximum absolute atomic E-state index is 12.5. The molecular weight excluding hydrogens is 515 g/mol. The molecule has 5 rings (SSSR count). The number of alkyl halides is 3. The van der Waals surface area contributed by atoms with Crippen LogP contribution in [0.3, 0.4) is 0 Å². The summed E-state index contributed by atoms with van der Waals surface area (Å²) in [5.74, 6) is 1.26. The minimum Gasteiger partial charge on any atom is -0.353 e. The predicted molar refractivity (Wildman–Crippen MR) is 146 cm³/mol. The van der Waals surface area contributed by atoms with Crippen LogP contribution in [0.1, 0.15) is 40.8 Å². The summed E-state index contributed by atoms with van der Waals surface area (Å²) in [6, 6.07) is 11.2. The van der Waals surface area contributed by atoms with Crippen LogP contribution in [0.15, 0.2) is 46.5 Å². The minimum atomic E-state index is -4.49. The van der Waals surface area contributed by atoms with E-state index in [0.717, 1.165) is 42.6 Å². The number of rotatable bonds is 9. The largest absolute Gasteiger partial charge is 0.395 e. The molecule has 0 aliphatic carbocycles. The number of aryl methyl sites for hydroxylation is 1. The molecule has 38 heavy (non-hydrogen) atoms. The highest BCUT2D eigenvalue weighted by Crippen LogP contribution is 2.32. The Morgan fingerprint density at radius 1 is 1.13 bits per heavy atom. The number of hydrogen-bond donors (Lipinski definition) is 2. The number of benzene rings is 1. The van der Waals surface area contributed by atoms with Crippen LogP contribution in [0.5, 0.6) is 0 Å². The van der Waals surface area contributed by atoms with Crippen LogP contribution in [0.2, 0.25) is 0 Å². The summed E-state index contributed by atoms with van der Waals surface area (Å²) in [6.07, 6.45) is -3.62. The zero-order valence-corrected chi connectivity index (χ0v) is 21.2. The lowest BCUT2D eigenvalue weighted by Gasteiger charge is -2.44. The van der Waals surface area contributed by atoms with Gasteiger partial charge in [0.1, 0.15) is 23.8 Å². The molecule has 0 saturated carbocycles. The molecule has 208 valence electrons. The van der Waals surface area contributed by atoms with E-state index in [4.69, 9.17) is 4.98 Å². The van der Waals surface area contributed by atoms with Crippen molar-refractivity contribution in [3.63, 3.8) is 0 Å². The summed E-state index contributed by atoms with van der Waals surface area (Å²) in [7, 11) is 0. The van der Waals surface area contributed by atoms with Gasteiger partial charge in [-0.1, -0.05) is 19.6 Å². The summed E-state index contributed by atoms with van der Waals surface area (Å²) in [5.41, 5.74) is 1.47. The molecule has 3 aromatic rings. The van der Waals surface area contributed by atoms with Crippen LogP contribution in [-0.2, 0) is 11.2 Å². The van der Waals surface area contributed by atoms with Gasteiger partial charge in [-0.05, 0) is 62.3 Å². The lowest BCUT2D eigenvalue weighted by atomic mass is 10.1. The zero-order chi connectivity index (χ0) is 26.0. The molecule has 2 aliphatic rings. The number of hydrogen-bond acceptors (Lipinski definition) is 8. The Hall–Kier alpha value is -3.12. The lowest BCUT2D eigenvalue weighted by Crippen LogP contribution is -2.59. The molecule has 2 N–H and O–H groups in total. The maximum Gasteiger partial charge on any atom is 0.395 e. The van der Waals surface area contributed by atoms with Crippen molar-refractivity contribution in [3.05, 3.63) is 47.7 Å². The highest BCUT2D eigenvalue weighted by atomic mass is 32.2. The Bertz CT molecular complexity index is 1250. The molecular formula is C26H36F3N7OS. The number of nitrogens with zero attached hydrogens (tertiary/aromatic N) is 5. The smallest absolute Gasteiger partial charge is 0.353 e. The summed E-state index contributed by atoms with van der Waals surface area (Å²) in [5, 5.41) is 10.9. The van der Waals surface area contributed by atoms with E-state index in [1.807, 2.05) is 19.1 Å². The van der Waals surface area contributed by atoms with Gasteiger partial charge in [0.2, 0.25) is 0 Å². The molecule has 2 aromatic heterocycles. The van der Waals surface area contributed by atoms with Gasteiger partial charge in [-0.3, -0.25) is 14.8 Å². The van der Waals surface area contributed by atoms with E-state index in [9.17, 15) is 18.0 Å². The van der Waals surface area contributed by atoms with E-state index in [1.165, 1.54) is 24.6 Å². The molecule has 0 unspecified atom stereocenters. The molecule has 2 saturated heterocycles.